The molecule has 0 aliphatic heterocycles. The third-order valence-corrected chi connectivity index (χ3v) is 3.73. The molecule has 0 radical (unpaired) electrons. The molecule has 1 aliphatic rings. The standard InChI is InChI=1S/C19H16O3/c1-2-18(22-13-8-4-3-5-9-13)16-12-17(20)14-10-6-7-11-15(14)19(16)21/h3-12,18H,2H2,1H3. The molecular weight excluding hydrogens is 276 g/mol. The Hall–Kier alpha value is -2.68. The van der Waals surface area contributed by atoms with Crippen molar-refractivity contribution >= 4 is 11.6 Å². The van der Waals surface area contributed by atoms with Crippen LogP contribution in [0, 0.1) is 0 Å². The van der Waals surface area contributed by atoms with E-state index in [0.717, 1.165) is 0 Å². The van der Waals surface area contributed by atoms with Crippen molar-refractivity contribution < 1.29 is 14.3 Å². The molecule has 0 heterocycles. The summed E-state index contributed by atoms with van der Waals surface area (Å²) in [5.41, 5.74) is 1.35. The van der Waals surface area contributed by atoms with Gasteiger partial charge in [-0.05, 0) is 24.6 Å². The number of benzene rings is 2. The first-order chi connectivity index (χ1) is 10.7. The Bertz CT molecular complexity index is 744. The minimum atomic E-state index is -0.424. The average molecular weight is 292 g/mol. The summed E-state index contributed by atoms with van der Waals surface area (Å²) in [5.74, 6) is 0.424. The molecule has 0 saturated carbocycles. The summed E-state index contributed by atoms with van der Waals surface area (Å²) in [6.45, 7) is 1.94. The maximum atomic E-state index is 12.7. The van der Waals surface area contributed by atoms with Crippen LogP contribution >= 0.6 is 0 Å². The molecule has 110 valence electrons. The number of rotatable bonds is 4. The van der Waals surface area contributed by atoms with Crippen LogP contribution in [-0.2, 0) is 0 Å². The quantitative estimate of drug-likeness (QED) is 0.859. The molecule has 3 rings (SSSR count). The zero-order chi connectivity index (χ0) is 15.5. The Morgan fingerprint density at radius 2 is 1.55 bits per heavy atom. The van der Waals surface area contributed by atoms with Gasteiger partial charge in [-0.2, -0.15) is 0 Å². The molecule has 0 aromatic heterocycles. The van der Waals surface area contributed by atoms with Gasteiger partial charge in [-0.25, -0.2) is 0 Å². The van der Waals surface area contributed by atoms with E-state index in [4.69, 9.17) is 4.74 Å². The predicted octanol–water partition coefficient (Wildman–Crippen LogP) is 3.85. The zero-order valence-corrected chi connectivity index (χ0v) is 12.3. The molecule has 1 atom stereocenters. The first-order valence-corrected chi connectivity index (χ1v) is 7.32. The lowest BCUT2D eigenvalue weighted by atomic mass is 9.86. The van der Waals surface area contributed by atoms with E-state index in [1.165, 1.54) is 6.08 Å². The summed E-state index contributed by atoms with van der Waals surface area (Å²) < 4.78 is 5.90. The number of Topliss-reactive ketones (excluding diaryl/α,β-unsaturated/α-hetero) is 1. The summed E-state index contributed by atoms with van der Waals surface area (Å²) in [5, 5.41) is 0. The van der Waals surface area contributed by atoms with Crippen LogP contribution in [0.4, 0.5) is 0 Å². The van der Waals surface area contributed by atoms with Crippen molar-refractivity contribution in [2.75, 3.05) is 0 Å². The van der Waals surface area contributed by atoms with E-state index in [1.807, 2.05) is 37.3 Å². The maximum Gasteiger partial charge on any atom is 0.193 e. The number of fused-ring (bicyclic) bond motifs is 1. The topological polar surface area (TPSA) is 43.4 Å². The fourth-order valence-electron chi connectivity index (χ4n) is 2.61. The third kappa shape index (κ3) is 2.58. The van der Waals surface area contributed by atoms with Crippen molar-refractivity contribution in [3.05, 3.63) is 77.4 Å². The van der Waals surface area contributed by atoms with Gasteiger partial charge in [-0.1, -0.05) is 49.4 Å². The molecule has 0 saturated heterocycles. The van der Waals surface area contributed by atoms with Gasteiger partial charge in [0.2, 0.25) is 0 Å². The monoisotopic (exact) mass is 292 g/mol. The average Bonchev–Trinajstić information content (AvgIpc) is 2.57. The number of hydrogen-bond acceptors (Lipinski definition) is 3. The lowest BCUT2D eigenvalue weighted by Gasteiger charge is -2.23. The van der Waals surface area contributed by atoms with Gasteiger partial charge >= 0.3 is 0 Å². The second kappa shape index (κ2) is 5.98. The molecule has 0 bridgehead atoms. The van der Waals surface area contributed by atoms with Gasteiger partial charge in [0.05, 0.1) is 0 Å². The highest BCUT2D eigenvalue weighted by molar-refractivity contribution is 6.24. The van der Waals surface area contributed by atoms with Crippen LogP contribution in [0.15, 0.2) is 66.2 Å². The van der Waals surface area contributed by atoms with Crippen LogP contribution in [0.3, 0.4) is 0 Å². The van der Waals surface area contributed by atoms with Crippen LogP contribution in [0.25, 0.3) is 0 Å². The second-order valence-electron chi connectivity index (χ2n) is 5.17. The predicted molar refractivity (Wildman–Crippen MR) is 84.3 cm³/mol. The van der Waals surface area contributed by atoms with Crippen molar-refractivity contribution in [2.45, 2.75) is 19.4 Å². The number of ether oxygens (including phenoxy) is 1. The van der Waals surface area contributed by atoms with Gasteiger partial charge in [-0.3, -0.25) is 9.59 Å². The Kier molecular flexibility index (Phi) is 3.88. The Morgan fingerprint density at radius 1 is 0.909 bits per heavy atom. The second-order valence-corrected chi connectivity index (χ2v) is 5.17. The number of ketones is 2. The van der Waals surface area contributed by atoms with Crippen LogP contribution in [-0.4, -0.2) is 17.7 Å². The minimum absolute atomic E-state index is 0.127. The van der Waals surface area contributed by atoms with Gasteiger partial charge < -0.3 is 4.74 Å². The van der Waals surface area contributed by atoms with E-state index in [9.17, 15) is 9.59 Å². The summed E-state index contributed by atoms with van der Waals surface area (Å²) in [7, 11) is 0. The van der Waals surface area contributed by atoms with E-state index in [0.29, 0.717) is 28.9 Å². The normalized spacial score (nSPS) is 15.0. The molecule has 2 aromatic rings. The van der Waals surface area contributed by atoms with Crippen LogP contribution in [0.1, 0.15) is 34.1 Å². The lowest BCUT2D eigenvalue weighted by Crippen LogP contribution is -2.28. The number of carbonyl (C=O) groups is 2. The van der Waals surface area contributed by atoms with Gasteiger partial charge in [-0.15, -0.1) is 0 Å². The molecule has 1 aliphatic carbocycles. The smallest absolute Gasteiger partial charge is 0.193 e. The lowest BCUT2D eigenvalue weighted by molar-refractivity contribution is 0.0954. The van der Waals surface area contributed by atoms with Crippen LogP contribution in [0.5, 0.6) is 5.75 Å². The number of allylic oxidation sites excluding steroid dienone is 1. The number of hydrogen-bond donors (Lipinski definition) is 0. The SMILES string of the molecule is CCC(Oc1ccccc1)C1=CC(=O)c2ccccc2C1=O. The molecule has 0 spiro atoms. The summed E-state index contributed by atoms with van der Waals surface area (Å²) in [4.78, 5) is 24.9. The van der Waals surface area contributed by atoms with E-state index in [-0.39, 0.29) is 11.6 Å². The summed E-state index contributed by atoms with van der Waals surface area (Å²) >= 11 is 0. The van der Waals surface area contributed by atoms with Crippen molar-refractivity contribution in [3.8, 4) is 5.75 Å². The Morgan fingerprint density at radius 3 is 2.23 bits per heavy atom. The van der Waals surface area contributed by atoms with Gasteiger partial charge in [0.25, 0.3) is 0 Å². The molecule has 0 amide bonds. The fraction of sp³-hybridized carbons (Fsp3) is 0.158. The van der Waals surface area contributed by atoms with Crippen molar-refractivity contribution in [1.29, 1.82) is 0 Å². The first kappa shape index (κ1) is 14.3. The molecule has 0 fully saturated rings. The molecule has 0 N–H and O–H groups in total. The molecule has 2 aromatic carbocycles. The molecule has 3 nitrogen and oxygen atoms in total. The maximum absolute atomic E-state index is 12.7. The van der Waals surface area contributed by atoms with Crippen LogP contribution in [0.2, 0.25) is 0 Å². The highest BCUT2D eigenvalue weighted by Gasteiger charge is 2.30. The van der Waals surface area contributed by atoms with Crippen molar-refractivity contribution in [1.82, 2.24) is 0 Å². The highest BCUT2D eigenvalue weighted by atomic mass is 16.5. The largest absolute Gasteiger partial charge is 0.486 e. The molecule has 1 unspecified atom stereocenters. The Balaban J connectivity index is 1.93. The van der Waals surface area contributed by atoms with Crippen molar-refractivity contribution in [2.24, 2.45) is 0 Å². The minimum Gasteiger partial charge on any atom is -0.486 e. The molecular formula is C19H16O3. The van der Waals surface area contributed by atoms with E-state index in [2.05, 4.69) is 0 Å². The molecule has 3 heteroatoms. The number of carbonyl (C=O) groups excluding carboxylic acids is 2. The van der Waals surface area contributed by atoms with Crippen molar-refractivity contribution in [3.63, 3.8) is 0 Å². The van der Waals surface area contributed by atoms with Gasteiger partial charge in [0.15, 0.2) is 11.6 Å². The number of para-hydroxylation sites is 1. The van der Waals surface area contributed by atoms with E-state index >= 15 is 0 Å². The summed E-state index contributed by atoms with van der Waals surface area (Å²) in [6.07, 6.45) is 1.61. The van der Waals surface area contributed by atoms with Gasteiger partial charge in [0.1, 0.15) is 11.9 Å². The molecule has 22 heavy (non-hydrogen) atoms. The van der Waals surface area contributed by atoms with Crippen LogP contribution < -0.4 is 4.74 Å². The zero-order valence-electron chi connectivity index (χ0n) is 12.3. The van der Waals surface area contributed by atoms with E-state index in [1.54, 1.807) is 24.3 Å². The fourth-order valence-corrected chi connectivity index (χ4v) is 2.61. The summed E-state index contributed by atoms with van der Waals surface area (Å²) in [6, 6.07) is 16.2. The van der Waals surface area contributed by atoms with Gasteiger partial charge in [0, 0.05) is 16.7 Å². The first-order valence-electron chi connectivity index (χ1n) is 7.32. The highest BCUT2D eigenvalue weighted by Crippen LogP contribution is 2.26. The Labute approximate surface area is 129 Å². The third-order valence-electron chi connectivity index (χ3n) is 3.73. The van der Waals surface area contributed by atoms with E-state index < -0.39 is 6.10 Å².